The van der Waals surface area contributed by atoms with E-state index in [1.54, 1.807) is 0 Å². The fraction of sp³-hybridized carbons (Fsp3) is 0.650. The summed E-state index contributed by atoms with van der Waals surface area (Å²) in [5.74, 6) is 0.711. The molecule has 3 aliphatic rings. The number of benzene rings is 1. The monoisotopic (exact) mass is 345 g/mol. The van der Waals surface area contributed by atoms with Gasteiger partial charge in [-0.3, -0.25) is 4.79 Å². The fourth-order valence-corrected chi connectivity index (χ4v) is 4.27. The lowest BCUT2D eigenvalue weighted by Gasteiger charge is -2.39. The molecule has 4 rings (SSSR count). The summed E-state index contributed by atoms with van der Waals surface area (Å²) in [6, 6.07) is 9.69. The summed E-state index contributed by atoms with van der Waals surface area (Å²) in [7, 11) is 0. The highest BCUT2D eigenvalue weighted by Gasteiger charge is 2.45. The summed E-state index contributed by atoms with van der Waals surface area (Å²) in [6.07, 6.45) is 4.22. The summed E-state index contributed by atoms with van der Waals surface area (Å²) in [5.41, 5.74) is 0.759. The molecule has 0 spiro atoms. The molecule has 1 saturated carbocycles. The molecule has 2 saturated heterocycles. The third-order valence-corrected chi connectivity index (χ3v) is 5.70. The van der Waals surface area contributed by atoms with Gasteiger partial charge in [-0.25, -0.2) is 0 Å². The van der Waals surface area contributed by atoms with Crippen LogP contribution in [0.2, 0.25) is 0 Å². The Morgan fingerprint density at radius 2 is 1.88 bits per heavy atom. The molecule has 3 atom stereocenters. The van der Waals surface area contributed by atoms with Crippen LogP contribution in [0, 0.1) is 5.92 Å². The van der Waals surface area contributed by atoms with Crippen LogP contribution >= 0.6 is 0 Å². The van der Waals surface area contributed by atoms with Gasteiger partial charge < -0.3 is 19.1 Å². The topological polar surface area (TPSA) is 48.0 Å². The molecule has 1 amide bonds. The Kier molecular flexibility index (Phi) is 5.34. The Bertz CT molecular complexity index is 572. The van der Waals surface area contributed by atoms with Crippen molar-refractivity contribution >= 4 is 5.91 Å². The first kappa shape index (κ1) is 17.0. The van der Waals surface area contributed by atoms with Gasteiger partial charge in [0.1, 0.15) is 6.10 Å². The summed E-state index contributed by atoms with van der Waals surface area (Å²) in [6.45, 7) is 3.74. The second-order valence-corrected chi connectivity index (χ2v) is 7.27. The van der Waals surface area contributed by atoms with Gasteiger partial charge in [0.05, 0.1) is 25.4 Å². The van der Waals surface area contributed by atoms with Gasteiger partial charge in [0.25, 0.3) is 5.91 Å². The van der Waals surface area contributed by atoms with Crippen LogP contribution in [0.5, 0.6) is 0 Å². The molecule has 5 heteroatoms. The predicted molar refractivity (Wildman–Crippen MR) is 93.5 cm³/mol. The predicted octanol–water partition coefficient (Wildman–Crippen LogP) is 2.50. The number of carbonyl (C=O) groups is 1. The van der Waals surface area contributed by atoms with Gasteiger partial charge in [-0.15, -0.1) is 0 Å². The number of hydrogen-bond donors (Lipinski definition) is 0. The van der Waals surface area contributed by atoms with Crippen LogP contribution in [0.15, 0.2) is 30.3 Å². The van der Waals surface area contributed by atoms with Crippen LogP contribution in [0.4, 0.5) is 0 Å². The minimum Gasteiger partial charge on any atom is -0.381 e. The number of rotatable bonds is 4. The molecule has 0 bridgehead atoms. The quantitative estimate of drug-likeness (QED) is 0.841. The van der Waals surface area contributed by atoms with Crippen LogP contribution < -0.4 is 0 Å². The highest BCUT2D eigenvalue weighted by Crippen LogP contribution is 2.33. The first-order chi connectivity index (χ1) is 12.3. The number of morpholine rings is 1. The molecule has 0 unspecified atom stereocenters. The fourth-order valence-electron chi connectivity index (χ4n) is 4.27. The largest absolute Gasteiger partial charge is 0.381 e. The second-order valence-electron chi connectivity index (χ2n) is 7.27. The highest BCUT2D eigenvalue weighted by atomic mass is 16.5. The maximum absolute atomic E-state index is 12.9. The molecule has 5 nitrogen and oxygen atoms in total. The van der Waals surface area contributed by atoms with E-state index in [1.165, 1.54) is 0 Å². The van der Waals surface area contributed by atoms with E-state index in [9.17, 15) is 4.79 Å². The molecule has 1 aromatic rings. The Morgan fingerprint density at radius 1 is 1.08 bits per heavy atom. The van der Waals surface area contributed by atoms with Crippen LogP contribution in [-0.2, 0) is 14.2 Å². The molecule has 0 aromatic heterocycles. The van der Waals surface area contributed by atoms with E-state index < -0.39 is 0 Å². The van der Waals surface area contributed by atoms with Crippen molar-refractivity contribution in [3.8, 4) is 0 Å². The maximum Gasteiger partial charge on any atom is 0.254 e. The van der Waals surface area contributed by atoms with Gasteiger partial charge in [0.2, 0.25) is 0 Å². The van der Waals surface area contributed by atoms with Crippen LogP contribution in [0.25, 0.3) is 0 Å². The lowest BCUT2D eigenvalue weighted by molar-refractivity contribution is -0.113. The lowest BCUT2D eigenvalue weighted by Crippen LogP contribution is -2.54. The van der Waals surface area contributed by atoms with E-state index in [1.807, 2.05) is 35.2 Å². The van der Waals surface area contributed by atoms with E-state index in [0.29, 0.717) is 19.1 Å². The SMILES string of the molecule is O=C(c1ccccc1)N1CCO[C@H]2[C@H](OCC3CCOCC3)CC[C@@H]21. The molecule has 25 heavy (non-hydrogen) atoms. The first-order valence-corrected chi connectivity index (χ1v) is 9.50. The zero-order chi connectivity index (χ0) is 17.1. The van der Waals surface area contributed by atoms with E-state index in [4.69, 9.17) is 14.2 Å². The zero-order valence-electron chi connectivity index (χ0n) is 14.6. The van der Waals surface area contributed by atoms with E-state index in [2.05, 4.69) is 0 Å². The Balaban J connectivity index is 1.37. The smallest absolute Gasteiger partial charge is 0.254 e. The number of amides is 1. The molecule has 1 aromatic carbocycles. The van der Waals surface area contributed by atoms with Crippen LogP contribution in [0.3, 0.4) is 0 Å². The number of nitrogens with zero attached hydrogens (tertiary/aromatic N) is 1. The Labute approximate surface area is 149 Å². The molecule has 1 aliphatic carbocycles. The van der Waals surface area contributed by atoms with E-state index >= 15 is 0 Å². The molecule has 3 fully saturated rings. The summed E-state index contributed by atoms with van der Waals surface area (Å²) < 4.78 is 17.7. The van der Waals surface area contributed by atoms with Crippen LogP contribution in [0.1, 0.15) is 36.0 Å². The Hall–Kier alpha value is -1.43. The molecule has 0 radical (unpaired) electrons. The van der Waals surface area contributed by atoms with Crippen molar-refractivity contribution < 1.29 is 19.0 Å². The molecule has 0 N–H and O–H groups in total. The number of carbonyl (C=O) groups excluding carboxylic acids is 1. The van der Waals surface area contributed by atoms with Gasteiger partial charge in [-0.1, -0.05) is 18.2 Å². The minimum atomic E-state index is 0.0150. The normalized spacial score (nSPS) is 30.2. The van der Waals surface area contributed by atoms with Gasteiger partial charge in [0, 0.05) is 25.3 Å². The van der Waals surface area contributed by atoms with Gasteiger partial charge in [0.15, 0.2) is 0 Å². The Morgan fingerprint density at radius 3 is 2.68 bits per heavy atom. The zero-order valence-corrected chi connectivity index (χ0v) is 14.6. The van der Waals surface area contributed by atoms with Crippen LogP contribution in [-0.4, -0.2) is 62.0 Å². The van der Waals surface area contributed by atoms with Crippen molar-refractivity contribution in [1.82, 2.24) is 4.90 Å². The average Bonchev–Trinajstić information content (AvgIpc) is 3.10. The number of fused-ring (bicyclic) bond motifs is 1. The van der Waals surface area contributed by atoms with Crippen molar-refractivity contribution in [3.05, 3.63) is 35.9 Å². The van der Waals surface area contributed by atoms with Crippen molar-refractivity contribution in [2.45, 2.75) is 43.9 Å². The molecule has 2 aliphatic heterocycles. The molecular weight excluding hydrogens is 318 g/mol. The molecule has 136 valence electrons. The highest BCUT2D eigenvalue weighted by molar-refractivity contribution is 5.94. The van der Waals surface area contributed by atoms with Gasteiger partial charge >= 0.3 is 0 Å². The van der Waals surface area contributed by atoms with E-state index in [0.717, 1.165) is 51.1 Å². The maximum atomic E-state index is 12.9. The average molecular weight is 345 g/mol. The second kappa shape index (κ2) is 7.85. The third kappa shape index (κ3) is 3.73. The van der Waals surface area contributed by atoms with Crippen molar-refractivity contribution in [2.24, 2.45) is 5.92 Å². The summed E-state index contributed by atoms with van der Waals surface area (Å²) in [5, 5.41) is 0. The summed E-state index contributed by atoms with van der Waals surface area (Å²) >= 11 is 0. The first-order valence-electron chi connectivity index (χ1n) is 9.50. The van der Waals surface area contributed by atoms with Gasteiger partial charge in [-0.2, -0.15) is 0 Å². The molecular formula is C20H27NO4. The van der Waals surface area contributed by atoms with Crippen molar-refractivity contribution in [3.63, 3.8) is 0 Å². The van der Waals surface area contributed by atoms with E-state index in [-0.39, 0.29) is 24.2 Å². The lowest BCUT2D eigenvalue weighted by atomic mass is 10.0. The van der Waals surface area contributed by atoms with Crippen molar-refractivity contribution in [1.29, 1.82) is 0 Å². The van der Waals surface area contributed by atoms with Gasteiger partial charge in [-0.05, 0) is 43.7 Å². The standard InChI is InChI=1S/C20H27NO4/c22-20(16-4-2-1-3-5-16)21-10-13-24-19-17(21)6-7-18(19)25-14-15-8-11-23-12-9-15/h1-5,15,17-19H,6-14H2/t17-,18+,19+/m0/s1. The molecule has 2 heterocycles. The number of ether oxygens (including phenoxy) is 3. The summed E-state index contributed by atoms with van der Waals surface area (Å²) in [4.78, 5) is 14.9. The third-order valence-electron chi connectivity index (χ3n) is 5.70. The number of hydrogen-bond acceptors (Lipinski definition) is 4. The van der Waals surface area contributed by atoms with Crippen molar-refractivity contribution in [2.75, 3.05) is 33.0 Å². The minimum absolute atomic E-state index is 0.0150.